The van der Waals surface area contributed by atoms with Crippen molar-refractivity contribution >= 4 is 17.5 Å². The number of hydrogen-bond donors (Lipinski definition) is 1. The van der Waals surface area contributed by atoms with Gasteiger partial charge in [0.25, 0.3) is 0 Å². The molecule has 1 aliphatic heterocycles. The predicted octanol–water partition coefficient (Wildman–Crippen LogP) is 3.52. The van der Waals surface area contributed by atoms with E-state index in [9.17, 15) is 9.59 Å². The van der Waals surface area contributed by atoms with Crippen LogP contribution in [0.4, 0.5) is 5.69 Å². The third-order valence-corrected chi connectivity index (χ3v) is 7.71. The maximum absolute atomic E-state index is 12.9. The average molecular weight is 383 g/mol. The molecule has 5 aliphatic rings. The van der Waals surface area contributed by atoms with Gasteiger partial charge in [-0.15, -0.1) is 0 Å². The van der Waals surface area contributed by atoms with E-state index >= 15 is 0 Å². The van der Waals surface area contributed by atoms with Gasteiger partial charge < -0.3 is 10.1 Å². The number of nitrogens with one attached hydrogen (secondary N) is 1. The largest absolute Gasteiger partial charge is 0.491 e. The van der Waals surface area contributed by atoms with E-state index in [1.165, 1.54) is 38.5 Å². The van der Waals surface area contributed by atoms with E-state index in [0.717, 1.165) is 17.8 Å². The molecule has 2 amide bonds. The number of carbonyl (C=O) groups excluding carboxylic acids is 2. The first-order valence-corrected chi connectivity index (χ1v) is 10.8. The smallest absolute Gasteiger partial charge is 0.240 e. The van der Waals surface area contributed by atoms with E-state index < -0.39 is 0 Å². The highest BCUT2D eigenvalue weighted by atomic mass is 16.5. The Hall–Kier alpha value is -2.04. The summed E-state index contributed by atoms with van der Waals surface area (Å²) in [6.07, 6.45) is 8.29. The van der Waals surface area contributed by atoms with Gasteiger partial charge in [-0.1, -0.05) is 12.1 Å². The Balaban J connectivity index is 1.29. The number of ether oxygens (including phenoxy) is 1. The van der Waals surface area contributed by atoms with Crippen molar-refractivity contribution in [3.63, 3.8) is 0 Å². The Labute approximate surface area is 166 Å². The van der Waals surface area contributed by atoms with E-state index in [1.807, 2.05) is 24.3 Å². The number of benzene rings is 1. The van der Waals surface area contributed by atoms with Gasteiger partial charge in [0, 0.05) is 6.04 Å². The van der Waals surface area contributed by atoms with Crippen molar-refractivity contribution in [3.05, 3.63) is 24.3 Å². The third kappa shape index (κ3) is 3.09. The SMILES string of the molecule is CC(NC(=O)CN1C(=O)CCOc2ccccc21)C12CC3CC(CC(C3)C1)C2. The second kappa shape index (κ2) is 6.78. The Kier molecular flexibility index (Phi) is 4.37. The average Bonchev–Trinajstić information content (AvgIpc) is 2.80. The van der Waals surface area contributed by atoms with Crippen LogP contribution in [0.5, 0.6) is 5.75 Å². The Bertz CT molecular complexity index is 755. The Morgan fingerprint density at radius 1 is 1.18 bits per heavy atom. The topological polar surface area (TPSA) is 58.6 Å². The van der Waals surface area contributed by atoms with Gasteiger partial charge in [0.15, 0.2) is 0 Å². The zero-order valence-corrected chi connectivity index (χ0v) is 16.7. The number of anilines is 1. The Morgan fingerprint density at radius 3 is 2.50 bits per heavy atom. The molecule has 1 aromatic rings. The van der Waals surface area contributed by atoms with Crippen molar-refractivity contribution < 1.29 is 14.3 Å². The lowest BCUT2D eigenvalue weighted by atomic mass is 9.48. The minimum absolute atomic E-state index is 0.0532. The number of hydrogen-bond acceptors (Lipinski definition) is 3. The number of rotatable bonds is 4. The summed E-state index contributed by atoms with van der Waals surface area (Å²) >= 11 is 0. The first-order valence-electron chi connectivity index (χ1n) is 10.8. The number of para-hydroxylation sites is 2. The Morgan fingerprint density at radius 2 is 1.82 bits per heavy atom. The first kappa shape index (κ1) is 18.0. The molecule has 1 unspecified atom stereocenters. The van der Waals surface area contributed by atoms with Crippen LogP contribution in [-0.4, -0.2) is 31.0 Å². The highest BCUT2D eigenvalue weighted by Crippen LogP contribution is 2.61. The zero-order valence-electron chi connectivity index (χ0n) is 16.7. The van der Waals surface area contributed by atoms with E-state index in [4.69, 9.17) is 4.74 Å². The molecule has 6 rings (SSSR count). The van der Waals surface area contributed by atoms with Crippen LogP contribution in [0, 0.1) is 23.2 Å². The van der Waals surface area contributed by atoms with Crippen LogP contribution in [0.15, 0.2) is 24.3 Å². The van der Waals surface area contributed by atoms with Crippen LogP contribution < -0.4 is 15.0 Å². The molecule has 0 spiro atoms. The van der Waals surface area contributed by atoms with Gasteiger partial charge >= 0.3 is 0 Å². The third-order valence-electron chi connectivity index (χ3n) is 7.71. The van der Waals surface area contributed by atoms with Crippen LogP contribution in [0.2, 0.25) is 0 Å². The molecule has 4 bridgehead atoms. The number of carbonyl (C=O) groups is 2. The lowest BCUT2D eigenvalue weighted by Crippen LogP contribution is -2.57. The normalized spacial score (nSPS) is 34.4. The van der Waals surface area contributed by atoms with Crippen LogP contribution >= 0.6 is 0 Å². The molecule has 1 heterocycles. The fraction of sp³-hybridized carbons (Fsp3) is 0.652. The summed E-state index contributed by atoms with van der Waals surface area (Å²) in [5, 5.41) is 3.28. The van der Waals surface area contributed by atoms with Crippen molar-refractivity contribution in [3.8, 4) is 5.75 Å². The van der Waals surface area contributed by atoms with Gasteiger partial charge in [0.1, 0.15) is 12.3 Å². The molecule has 1 N–H and O–H groups in total. The van der Waals surface area contributed by atoms with Crippen LogP contribution in [0.25, 0.3) is 0 Å². The molecule has 1 aromatic carbocycles. The molecule has 0 aromatic heterocycles. The van der Waals surface area contributed by atoms with Crippen LogP contribution in [0.3, 0.4) is 0 Å². The molecule has 4 saturated carbocycles. The summed E-state index contributed by atoms with van der Waals surface area (Å²) in [5.74, 6) is 3.15. The molecule has 5 nitrogen and oxygen atoms in total. The summed E-state index contributed by atoms with van der Waals surface area (Å²) in [5.41, 5.74) is 0.969. The monoisotopic (exact) mass is 382 g/mol. The standard InChI is InChI=1S/C23H30N2O3/c1-15(23-11-16-8-17(12-23)10-18(9-16)13-23)24-21(26)14-25-19-4-2-3-5-20(19)28-7-6-22(25)27/h2-5,15-18H,6-14H2,1H3,(H,24,26). The second-order valence-electron chi connectivity index (χ2n) is 9.62. The van der Waals surface area contributed by atoms with Gasteiger partial charge in [-0.2, -0.15) is 0 Å². The highest BCUT2D eigenvalue weighted by Gasteiger charge is 2.53. The molecule has 5 heteroatoms. The van der Waals surface area contributed by atoms with Crippen molar-refractivity contribution in [2.45, 2.75) is 57.9 Å². The van der Waals surface area contributed by atoms with E-state index in [-0.39, 0.29) is 29.8 Å². The lowest BCUT2D eigenvalue weighted by Gasteiger charge is -2.59. The number of fused-ring (bicyclic) bond motifs is 1. The van der Waals surface area contributed by atoms with Gasteiger partial charge in [-0.3, -0.25) is 14.5 Å². The molecular weight excluding hydrogens is 352 g/mol. The van der Waals surface area contributed by atoms with Crippen molar-refractivity contribution in [1.82, 2.24) is 5.32 Å². The van der Waals surface area contributed by atoms with Crippen molar-refractivity contribution in [2.75, 3.05) is 18.1 Å². The highest BCUT2D eigenvalue weighted by molar-refractivity contribution is 6.00. The summed E-state index contributed by atoms with van der Waals surface area (Å²) < 4.78 is 5.68. The second-order valence-corrected chi connectivity index (χ2v) is 9.62. The molecule has 0 saturated heterocycles. The molecule has 150 valence electrons. The van der Waals surface area contributed by atoms with Crippen LogP contribution in [0.1, 0.15) is 51.9 Å². The van der Waals surface area contributed by atoms with Gasteiger partial charge in [-0.25, -0.2) is 0 Å². The lowest BCUT2D eigenvalue weighted by molar-refractivity contribution is -0.127. The number of nitrogens with zero attached hydrogens (tertiary/aromatic N) is 1. The molecular formula is C23H30N2O3. The van der Waals surface area contributed by atoms with Crippen molar-refractivity contribution in [1.29, 1.82) is 0 Å². The maximum Gasteiger partial charge on any atom is 0.240 e. The van der Waals surface area contributed by atoms with Gasteiger partial charge in [0.05, 0.1) is 18.7 Å². The minimum Gasteiger partial charge on any atom is -0.491 e. The summed E-state index contributed by atoms with van der Waals surface area (Å²) in [7, 11) is 0. The van der Waals surface area contributed by atoms with E-state index in [0.29, 0.717) is 24.5 Å². The fourth-order valence-electron chi connectivity index (χ4n) is 6.78. The summed E-state index contributed by atoms with van der Waals surface area (Å²) in [4.78, 5) is 27.1. The van der Waals surface area contributed by atoms with E-state index in [1.54, 1.807) is 4.90 Å². The molecule has 4 fully saturated rings. The molecule has 0 radical (unpaired) electrons. The minimum atomic E-state index is -0.0618. The summed E-state index contributed by atoms with van der Waals surface area (Å²) in [6.45, 7) is 2.61. The maximum atomic E-state index is 12.9. The van der Waals surface area contributed by atoms with E-state index in [2.05, 4.69) is 12.2 Å². The first-order chi connectivity index (χ1) is 13.5. The number of amides is 2. The predicted molar refractivity (Wildman–Crippen MR) is 107 cm³/mol. The molecule has 4 aliphatic carbocycles. The van der Waals surface area contributed by atoms with Gasteiger partial charge in [0.2, 0.25) is 11.8 Å². The molecule has 1 atom stereocenters. The molecule has 28 heavy (non-hydrogen) atoms. The van der Waals surface area contributed by atoms with Gasteiger partial charge in [-0.05, 0) is 80.8 Å². The quantitative estimate of drug-likeness (QED) is 0.867. The summed E-state index contributed by atoms with van der Waals surface area (Å²) in [6, 6.07) is 7.65. The van der Waals surface area contributed by atoms with Crippen molar-refractivity contribution in [2.24, 2.45) is 23.2 Å². The fourth-order valence-corrected chi connectivity index (χ4v) is 6.78. The zero-order chi connectivity index (χ0) is 19.3. The van der Waals surface area contributed by atoms with Crippen LogP contribution in [-0.2, 0) is 9.59 Å².